The Morgan fingerprint density at radius 2 is 1.33 bits per heavy atom. The summed E-state index contributed by atoms with van der Waals surface area (Å²) < 4.78 is 0. The van der Waals surface area contributed by atoms with Crippen LogP contribution in [0.15, 0.2) is 60.7 Å². The molecule has 2 aromatic rings. The molecule has 3 nitrogen and oxygen atoms in total. The number of carbonyl (C=O) groups is 2. The van der Waals surface area contributed by atoms with Gasteiger partial charge in [-0.3, -0.25) is 9.59 Å². The molecule has 2 aromatic carbocycles. The second-order valence-electron chi connectivity index (χ2n) is 8.80. The van der Waals surface area contributed by atoms with Crippen molar-refractivity contribution in [3.63, 3.8) is 0 Å². The number of β-lactam (4-membered cyclic amide) rings is 1. The highest BCUT2D eigenvalue weighted by Crippen LogP contribution is 2.44. The summed E-state index contributed by atoms with van der Waals surface area (Å²) in [6, 6.07) is 19.4. The number of Topliss-reactive ketones (excluding diaryl/α,β-unsaturated/α-hetero) is 1. The third-order valence-electron chi connectivity index (χ3n) is 5.41. The van der Waals surface area contributed by atoms with Gasteiger partial charge in [0.2, 0.25) is 5.91 Å². The van der Waals surface area contributed by atoms with E-state index in [9.17, 15) is 9.59 Å². The van der Waals surface area contributed by atoms with Crippen molar-refractivity contribution in [1.29, 1.82) is 0 Å². The van der Waals surface area contributed by atoms with Crippen LogP contribution in [0.5, 0.6) is 0 Å². The summed E-state index contributed by atoms with van der Waals surface area (Å²) >= 11 is 0. The van der Waals surface area contributed by atoms with Gasteiger partial charge < -0.3 is 4.90 Å². The summed E-state index contributed by atoms with van der Waals surface area (Å²) in [6.07, 6.45) is 0. The van der Waals surface area contributed by atoms with Crippen LogP contribution in [0, 0.1) is 17.3 Å². The average molecular weight is 364 g/mol. The average Bonchev–Trinajstić information content (AvgIpc) is 2.63. The largest absolute Gasteiger partial charge is 0.320 e. The highest BCUT2D eigenvalue weighted by Gasteiger charge is 2.56. The number of amides is 1. The van der Waals surface area contributed by atoms with Crippen LogP contribution in [0.25, 0.3) is 0 Å². The second kappa shape index (κ2) is 7.30. The zero-order chi connectivity index (χ0) is 19.8. The maximum absolute atomic E-state index is 13.3. The first kappa shape index (κ1) is 19.3. The number of nitrogens with zero attached hydrogens (tertiary/aromatic N) is 1. The molecule has 1 aliphatic heterocycles. The summed E-state index contributed by atoms with van der Waals surface area (Å²) in [6.45, 7) is 9.88. The van der Waals surface area contributed by atoms with Gasteiger partial charge in [0.15, 0.2) is 5.78 Å². The number of hydrogen-bond donors (Lipinski definition) is 0. The fourth-order valence-corrected chi connectivity index (χ4v) is 3.99. The van der Waals surface area contributed by atoms with Crippen LogP contribution in [-0.4, -0.2) is 22.6 Å². The van der Waals surface area contributed by atoms with Gasteiger partial charge in [0.25, 0.3) is 0 Å². The van der Waals surface area contributed by atoms with Crippen LogP contribution < -0.4 is 0 Å². The molecule has 0 saturated carbocycles. The number of likely N-dealkylation sites (tertiary alicyclic amines) is 1. The van der Waals surface area contributed by atoms with Crippen LogP contribution in [-0.2, 0) is 9.59 Å². The molecule has 0 N–H and O–H groups in total. The number of benzene rings is 2. The Morgan fingerprint density at radius 3 is 1.70 bits per heavy atom. The van der Waals surface area contributed by atoms with Crippen LogP contribution in [0.2, 0.25) is 0 Å². The molecule has 1 amide bonds. The fraction of sp³-hybridized carbons (Fsp3) is 0.417. The molecule has 0 aliphatic carbocycles. The van der Waals surface area contributed by atoms with E-state index in [1.807, 2.05) is 100 Å². The van der Waals surface area contributed by atoms with Gasteiger partial charge in [-0.2, -0.15) is 0 Å². The molecule has 1 saturated heterocycles. The summed E-state index contributed by atoms with van der Waals surface area (Å²) in [5, 5.41) is 0. The van der Waals surface area contributed by atoms with Crippen molar-refractivity contribution in [2.45, 2.75) is 46.7 Å². The molecular formula is C24H29NO2. The van der Waals surface area contributed by atoms with E-state index >= 15 is 0 Å². The minimum absolute atomic E-state index is 0.0744. The van der Waals surface area contributed by atoms with Gasteiger partial charge in [-0.15, -0.1) is 0 Å². The Morgan fingerprint density at radius 1 is 0.889 bits per heavy atom. The number of rotatable bonds is 5. The first-order valence-electron chi connectivity index (χ1n) is 9.70. The molecule has 1 fully saturated rings. The number of ketones is 1. The van der Waals surface area contributed by atoms with Gasteiger partial charge in [0.05, 0.1) is 12.0 Å². The van der Waals surface area contributed by atoms with Crippen molar-refractivity contribution in [3.8, 4) is 0 Å². The molecule has 0 unspecified atom stereocenters. The zero-order valence-electron chi connectivity index (χ0n) is 16.8. The van der Waals surface area contributed by atoms with E-state index < -0.39 is 5.41 Å². The minimum Gasteiger partial charge on any atom is -0.320 e. The molecule has 142 valence electrons. The molecule has 3 heteroatoms. The minimum atomic E-state index is -0.491. The van der Waals surface area contributed by atoms with Crippen LogP contribution in [0.3, 0.4) is 0 Å². The normalized spacial score (nSPS) is 20.1. The summed E-state index contributed by atoms with van der Waals surface area (Å²) in [5.74, 6) is 0.104. The highest BCUT2D eigenvalue weighted by molar-refractivity contribution is 6.02. The first-order valence-corrected chi connectivity index (χ1v) is 9.70. The number of hydrogen-bond acceptors (Lipinski definition) is 2. The van der Waals surface area contributed by atoms with Crippen molar-refractivity contribution < 1.29 is 9.59 Å². The lowest BCUT2D eigenvalue weighted by Crippen LogP contribution is -2.68. The lowest BCUT2D eigenvalue weighted by molar-refractivity contribution is -0.171. The van der Waals surface area contributed by atoms with Gasteiger partial charge in [-0.25, -0.2) is 0 Å². The van der Waals surface area contributed by atoms with Crippen molar-refractivity contribution in [2.75, 3.05) is 0 Å². The smallest absolute Gasteiger partial charge is 0.229 e. The molecule has 2 atom stereocenters. The lowest BCUT2D eigenvalue weighted by Gasteiger charge is -2.53. The highest BCUT2D eigenvalue weighted by atomic mass is 16.2. The lowest BCUT2D eigenvalue weighted by atomic mass is 9.69. The van der Waals surface area contributed by atoms with Crippen LogP contribution >= 0.6 is 0 Å². The Kier molecular flexibility index (Phi) is 5.23. The molecule has 27 heavy (non-hydrogen) atoms. The third kappa shape index (κ3) is 3.55. The molecule has 0 bridgehead atoms. The predicted octanol–water partition coefficient (Wildman–Crippen LogP) is 4.87. The first-order chi connectivity index (χ1) is 12.7. The van der Waals surface area contributed by atoms with Crippen molar-refractivity contribution in [2.24, 2.45) is 17.3 Å². The Hall–Kier alpha value is -2.42. The van der Waals surface area contributed by atoms with Gasteiger partial charge in [0.1, 0.15) is 6.04 Å². The fourth-order valence-electron chi connectivity index (χ4n) is 3.99. The van der Waals surface area contributed by atoms with E-state index in [1.54, 1.807) is 0 Å². The van der Waals surface area contributed by atoms with Gasteiger partial charge in [0, 0.05) is 5.41 Å². The Labute approximate surface area is 162 Å². The summed E-state index contributed by atoms with van der Waals surface area (Å²) in [5.41, 5.74) is 1.58. The van der Waals surface area contributed by atoms with Gasteiger partial charge >= 0.3 is 0 Å². The van der Waals surface area contributed by atoms with Crippen LogP contribution in [0.4, 0.5) is 0 Å². The van der Waals surface area contributed by atoms with E-state index in [1.165, 1.54) is 0 Å². The number of carbonyl (C=O) groups excluding carboxylic acids is 2. The molecule has 0 aromatic heterocycles. The van der Waals surface area contributed by atoms with Crippen LogP contribution in [0.1, 0.15) is 51.8 Å². The Balaban J connectivity index is 2.10. The third-order valence-corrected chi connectivity index (χ3v) is 5.41. The molecular weight excluding hydrogens is 334 g/mol. The molecule has 0 spiro atoms. The zero-order valence-corrected chi connectivity index (χ0v) is 16.8. The topological polar surface area (TPSA) is 37.4 Å². The van der Waals surface area contributed by atoms with E-state index in [0.29, 0.717) is 0 Å². The SMILES string of the molecule is CC(C)[C@H]1C(=O)N(C(c2ccccc2)c2ccccc2)[C@@H]1C(=O)C(C)(C)C. The van der Waals surface area contributed by atoms with E-state index in [-0.39, 0.29) is 35.6 Å². The molecule has 1 aliphatic rings. The second-order valence-corrected chi connectivity index (χ2v) is 8.80. The quantitative estimate of drug-likeness (QED) is 0.711. The predicted molar refractivity (Wildman–Crippen MR) is 108 cm³/mol. The summed E-state index contributed by atoms with van der Waals surface area (Å²) in [4.78, 5) is 28.3. The maximum Gasteiger partial charge on any atom is 0.229 e. The Bertz CT molecular complexity index is 766. The van der Waals surface area contributed by atoms with Crippen molar-refractivity contribution in [3.05, 3.63) is 71.8 Å². The standard InChI is InChI=1S/C24H29NO2/c1-16(2)19-21(22(26)24(3,4)5)25(23(19)27)20(17-12-8-6-9-13-17)18-14-10-7-11-15-18/h6-16,19-21H,1-5H3/t19-,21+/m1/s1. The molecule has 0 radical (unpaired) electrons. The van der Waals surface area contributed by atoms with E-state index in [0.717, 1.165) is 11.1 Å². The van der Waals surface area contributed by atoms with Gasteiger partial charge in [-0.1, -0.05) is 95.3 Å². The molecule has 1 heterocycles. The van der Waals surface area contributed by atoms with E-state index in [4.69, 9.17) is 0 Å². The van der Waals surface area contributed by atoms with Crippen molar-refractivity contribution >= 4 is 11.7 Å². The van der Waals surface area contributed by atoms with E-state index in [2.05, 4.69) is 0 Å². The summed E-state index contributed by atoms with van der Waals surface area (Å²) in [7, 11) is 0. The maximum atomic E-state index is 13.3. The van der Waals surface area contributed by atoms with Gasteiger partial charge in [-0.05, 0) is 17.0 Å². The molecule has 3 rings (SSSR count). The van der Waals surface area contributed by atoms with Crippen molar-refractivity contribution in [1.82, 2.24) is 4.90 Å². The monoisotopic (exact) mass is 363 g/mol.